The van der Waals surface area contributed by atoms with Gasteiger partial charge in [-0.2, -0.15) is 13.7 Å². The molecule has 1 unspecified atom stereocenters. The number of ether oxygens (including phenoxy) is 1. The summed E-state index contributed by atoms with van der Waals surface area (Å²) in [4.78, 5) is 12.1. The molecule has 1 amide bonds. The van der Waals surface area contributed by atoms with Crippen molar-refractivity contribution in [3.05, 3.63) is 65.4 Å². The third kappa shape index (κ3) is 6.07. The van der Waals surface area contributed by atoms with Crippen LogP contribution in [0.5, 0.6) is 5.75 Å². The largest absolute Gasteiger partial charge is 0.494 e. The minimum Gasteiger partial charge on any atom is -0.494 e. The second kappa shape index (κ2) is 9.91. The van der Waals surface area contributed by atoms with Crippen molar-refractivity contribution in [3.63, 3.8) is 0 Å². The van der Waals surface area contributed by atoms with Crippen molar-refractivity contribution in [2.75, 3.05) is 11.9 Å². The lowest BCUT2D eigenvalue weighted by molar-refractivity contribution is -0.112. The van der Waals surface area contributed by atoms with Crippen molar-refractivity contribution in [1.29, 1.82) is 5.26 Å². The van der Waals surface area contributed by atoms with Crippen LogP contribution >= 0.6 is 0 Å². The molecule has 0 spiro atoms. The van der Waals surface area contributed by atoms with Crippen LogP contribution in [0.2, 0.25) is 0 Å². The number of rotatable bonds is 8. The molecule has 0 saturated carbocycles. The number of benzene rings is 2. The van der Waals surface area contributed by atoms with Crippen molar-refractivity contribution in [3.8, 4) is 11.8 Å². The van der Waals surface area contributed by atoms with Gasteiger partial charge in [0.05, 0.1) is 17.5 Å². The van der Waals surface area contributed by atoms with Crippen molar-refractivity contribution in [1.82, 2.24) is 5.32 Å². The van der Waals surface area contributed by atoms with E-state index in [0.717, 1.165) is 29.0 Å². The third-order valence-corrected chi connectivity index (χ3v) is 5.05. The fourth-order valence-electron chi connectivity index (χ4n) is 2.65. The maximum absolute atomic E-state index is 12.4. The van der Waals surface area contributed by atoms with Crippen molar-refractivity contribution < 1.29 is 22.5 Å². The zero-order chi connectivity index (χ0) is 22.3. The van der Waals surface area contributed by atoms with Gasteiger partial charge in [-0.1, -0.05) is 17.7 Å². The number of anilines is 1. The maximum atomic E-state index is 12.4. The molecule has 2 rings (SSSR count). The predicted molar refractivity (Wildman–Crippen MR) is 112 cm³/mol. The molecule has 2 aromatic carbocycles. The van der Waals surface area contributed by atoms with E-state index < -0.39 is 16.0 Å². The number of carbonyl (C=O) groups excluding carboxylic acids is 1. The van der Waals surface area contributed by atoms with E-state index in [1.807, 2.05) is 45.0 Å². The van der Waals surface area contributed by atoms with Gasteiger partial charge in [-0.25, -0.2) is 0 Å². The number of hydrogen-bond acceptors (Lipinski definition) is 6. The topological polar surface area (TPSA) is 129 Å². The lowest BCUT2D eigenvalue weighted by Gasteiger charge is -2.18. The number of nitrogens with zero attached hydrogens (tertiary/aromatic N) is 1. The lowest BCUT2D eigenvalue weighted by atomic mass is 10.0. The summed E-state index contributed by atoms with van der Waals surface area (Å²) in [6, 6.07) is 12.3. The SMILES string of the molecule is CCOc1ccc(C)cc1C(C)N/C=C(/C#N)C(=O)Nc1ccc(S(=O)(=O)O)cc1. The molecule has 0 radical (unpaired) electrons. The van der Waals surface area contributed by atoms with Gasteiger partial charge in [0.2, 0.25) is 0 Å². The van der Waals surface area contributed by atoms with Crippen LogP contribution in [0, 0.1) is 18.3 Å². The van der Waals surface area contributed by atoms with Crippen molar-refractivity contribution in [2.45, 2.75) is 31.7 Å². The molecule has 0 aromatic heterocycles. The first-order chi connectivity index (χ1) is 14.2. The van der Waals surface area contributed by atoms with E-state index in [9.17, 15) is 18.5 Å². The Balaban J connectivity index is 2.13. The van der Waals surface area contributed by atoms with Crippen molar-refractivity contribution >= 4 is 21.7 Å². The minimum absolute atomic E-state index is 0.161. The molecule has 8 nitrogen and oxygen atoms in total. The van der Waals surface area contributed by atoms with Gasteiger partial charge in [-0.3, -0.25) is 9.35 Å². The predicted octanol–water partition coefficient (Wildman–Crippen LogP) is 3.34. The van der Waals surface area contributed by atoms with Gasteiger partial charge in [0.1, 0.15) is 17.4 Å². The fourth-order valence-corrected chi connectivity index (χ4v) is 3.13. The van der Waals surface area contributed by atoms with Crippen LogP contribution in [-0.4, -0.2) is 25.5 Å². The van der Waals surface area contributed by atoms with Gasteiger partial charge in [0.25, 0.3) is 16.0 Å². The summed E-state index contributed by atoms with van der Waals surface area (Å²) < 4.78 is 36.8. The van der Waals surface area contributed by atoms with Crippen LogP contribution < -0.4 is 15.4 Å². The molecule has 0 aliphatic heterocycles. The molecule has 0 aliphatic rings. The van der Waals surface area contributed by atoms with E-state index in [1.54, 1.807) is 0 Å². The number of amides is 1. The van der Waals surface area contributed by atoms with Gasteiger partial charge >= 0.3 is 0 Å². The van der Waals surface area contributed by atoms with Crippen LogP contribution in [0.15, 0.2) is 59.1 Å². The van der Waals surface area contributed by atoms with Gasteiger partial charge in [0.15, 0.2) is 0 Å². The number of nitriles is 1. The Morgan fingerprint density at radius 1 is 1.27 bits per heavy atom. The highest BCUT2D eigenvalue weighted by molar-refractivity contribution is 7.85. The Labute approximate surface area is 175 Å². The van der Waals surface area contributed by atoms with Gasteiger partial charge in [-0.15, -0.1) is 0 Å². The van der Waals surface area contributed by atoms with E-state index in [1.165, 1.54) is 18.3 Å². The average Bonchev–Trinajstić information content (AvgIpc) is 2.69. The Hall–Kier alpha value is -3.35. The first kappa shape index (κ1) is 22.9. The second-order valence-corrected chi connectivity index (χ2v) is 7.91. The van der Waals surface area contributed by atoms with Crippen LogP contribution in [0.4, 0.5) is 5.69 Å². The molecule has 0 heterocycles. The molecular weight excluding hydrogens is 406 g/mol. The summed E-state index contributed by atoms with van der Waals surface area (Å²) in [6.07, 6.45) is 1.32. The number of carbonyl (C=O) groups is 1. The summed E-state index contributed by atoms with van der Waals surface area (Å²) in [7, 11) is -4.32. The minimum atomic E-state index is -4.32. The molecular formula is C21H23N3O5S. The normalized spacial score (nSPS) is 12.6. The Kier molecular flexibility index (Phi) is 7.58. The van der Waals surface area contributed by atoms with Crippen LogP contribution in [0.1, 0.15) is 31.0 Å². The number of nitrogens with one attached hydrogen (secondary N) is 2. The summed E-state index contributed by atoms with van der Waals surface area (Å²) in [5.41, 5.74) is 2.06. The molecule has 158 valence electrons. The molecule has 0 saturated heterocycles. The summed E-state index contributed by atoms with van der Waals surface area (Å²) >= 11 is 0. The van der Waals surface area contributed by atoms with Crippen molar-refractivity contribution in [2.24, 2.45) is 0 Å². The molecule has 30 heavy (non-hydrogen) atoms. The Morgan fingerprint density at radius 2 is 1.93 bits per heavy atom. The number of aryl methyl sites for hydroxylation is 1. The lowest BCUT2D eigenvalue weighted by Crippen LogP contribution is -2.19. The molecule has 9 heteroatoms. The Bertz CT molecular complexity index is 1090. The van der Waals surface area contributed by atoms with E-state index in [4.69, 9.17) is 9.29 Å². The molecule has 2 aromatic rings. The van der Waals surface area contributed by atoms with Gasteiger partial charge < -0.3 is 15.4 Å². The van der Waals surface area contributed by atoms with E-state index in [-0.39, 0.29) is 22.2 Å². The highest BCUT2D eigenvalue weighted by Gasteiger charge is 2.14. The van der Waals surface area contributed by atoms with Gasteiger partial charge in [-0.05, 0) is 51.1 Å². The second-order valence-electron chi connectivity index (χ2n) is 6.49. The highest BCUT2D eigenvalue weighted by Crippen LogP contribution is 2.26. The molecule has 0 aliphatic carbocycles. The molecule has 1 atom stereocenters. The molecule has 3 N–H and O–H groups in total. The monoisotopic (exact) mass is 429 g/mol. The van der Waals surface area contributed by atoms with E-state index in [2.05, 4.69) is 10.6 Å². The zero-order valence-corrected chi connectivity index (χ0v) is 17.7. The quantitative estimate of drug-likeness (QED) is 0.333. The van der Waals surface area contributed by atoms with Gasteiger partial charge in [0, 0.05) is 17.5 Å². The van der Waals surface area contributed by atoms with Crippen LogP contribution in [0.25, 0.3) is 0 Å². The average molecular weight is 429 g/mol. The summed E-state index contributed by atoms with van der Waals surface area (Å²) in [5, 5.41) is 14.9. The summed E-state index contributed by atoms with van der Waals surface area (Å²) in [5.74, 6) is 0.0597. The Morgan fingerprint density at radius 3 is 2.50 bits per heavy atom. The van der Waals surface area contributed by atoms with Crippen LogP contribution in [0.3, 0.4) is 0 Å². The fraction of sp³-hybridized carbons (Fsp3) is 0.238. The standard InChI is InChI=1S/C21H23N3O5S/c1-4-29-20-10-5-14(2)11-19(20)15(3)23-13-16(12-22)21(25)24-17-6-8-18(9-7-17)30(26,27)28/h5-11,13,15,23H,4H2,1-3H3,(H,24,25)(H,26,27,28)/b16-13-. The highest BCUT2D eigenvalue weighted by atomic mass is 32.2. The molecule has 0 fully saturated rings. The first-order valence-electron chi connectivity index (χ1n) is 9.14. The van der Waals surface area contributed by atoms with E-state index in [0.29, 0.717) is 6.61 Å². The molecule has 0 bridgehead atoms. The zero-order valence-electron chi connectivity index (χ0n) is 16.8. The maximum Gasteiger partial charge on any atom is 0.294 e. The summed E-state index contributed by atoms with van der Waals surface area (Å²) in [6.45, 7) is 6.25. The third-order valence-electron chi connectivity index (χ3n) is 4.18. The smallest absolute Gasteiger partial charge is 0.294 e. The number of hydrogen-bond donors (Lipinski definition) is 3. The van der Waals surface area contributed by atoms with Crippen LogP contribution in [-0.2, 0) is 14.9 Å². The first-order valence-corrected chi connectivity index (χ1v) is 10.6. The van der Waals surface area contributed by atoms with E-state index >= 15 is 0 Å².